The van der Waals surface area contributed by atoms with E-state index in [1.165, 1.54) is 51.4 Å². The van der Waals surface area contributed by atoms with Gasteiger partial charge in [-0.15, -0.1) is 0 Å². The molecule has 0 aromatic rings. The van der Waals surface area contributed by atoms with Crippen LogP contribution in [-0.2, 0) is 4.79 Å². The fraction of sp³-hybridized carbons (Fsp3) is 0.800. The predicted molar refractivity (Wildman–Crippen MR) is 73.2 cm³/mol. The van der Waals surface area contributed by atoms with Crippen molar-refractivity contribution in [3.63, 3.8) is 0 Å². The maximum Gasteiger partial charge on any atom is 0.330 e. The Hall–Kier alpha value is -0.790. The Balaban J connectivity index is 3.08. The van der Waals surface area contributed by atoms with Crippen molar-refractivity contribution >= 4 is 5.97 Å². The molecule has 17 heavy (non-hydrogen) atoms. The predicted octanol–water partition coefficient (Wildman–Crippen LogP) is 4.94. The van der Waals surface area contributed by atoms with Crippen molar-refractivity contribution in [2.45, 2.75) is 77.6 Å². The zero-order chi connectivity index (χ0) is 12.9. The van der Waals surface area contributed by atoms with Crippen molar-refractivity contribution < 1.29 is 9.90 Å². The number of carboxylic acid groups (broad SMARTS) is 1. The first-order valence-electron chi connectivity index (χ1n) is 7.09. The summed E-state index contributed by atoms with van der Waals surface area (Å²) in [4.78, 5) is 10.5. The van der Waals surface area contributed by atoms with Crippen LogP contribution in [0.1, 0.15) is 77.6 Å². The van der Waals surface area contributed by atoms with E-state index in [1.807, 2.05) is 0 Å². The molecule has 0 aromatic carbocycles. The summed E-state index contributed by atoms with van der Waals surface area (Å²) < 4.78 is 0. The minimum atomic E-state index is -0.846. The van der Waals surface area contributed by atoms with E-state index in [9.17, 15) is 4.79 Å². The number of carboxylic acids is 1. The lowest BCUT2D eigenvalue weighted by Crippen LogP contribution is -1.98. The maximum absolute atomic E-state index is 10.5. The highest BCUT2D eigenvalue weighted by Crippen LogP contribution is 2.12. The van der Waals surface area contributed by atoms with E-state index in [0.29, 0.717) is 12.0 Å². The van der Waals surface area contributed by atoms with Crippen LogP contribution in [0.2, 0.25) is 0 Å². The molecule has 0 unspecified atom stereocenters. The van der Waals surface area contributed by atoms with Gasteiger partial charge >= 0.3 is 5.97 Å². The minimum absolute atomic E-state index is 0.351. The zero-order valence-electron chi connectivity index (χ0n) is 11.3. The molecule has 0 amide bonds. The average Bonchev–Trinajstić information content (AvgIpc) is 2.31. The molecule has 0 saturated carbocycles. The van der Waals surface area contributed by atoms with Crippen LogP contribution in [0.15, 0.2) is 12.2 Å². The Bertz CT molecular complexity index is 209. The highest BCUT2D eigenvalue weighted by molar-refractivity contribution is 5.85. The van der Waals surface area contributed by atoms with Crippen molar-refractivity contribution in [3.05, 3.63) is 12.2 Å². The maximum atomic E-state index is 10.5. The minimum Gasteiger partial charge on any atom is -0.478 e. The topological polar surface area (TPSA) is 37.3 Å². The smallest absolute Gasteiger partial charge is 0.330 e. The largest absolute Gasteiger partial charge is 0.478 e. The summed E-state index contributed by atoms with van der Waals surface area (Å²) in [6.07, 6.45) is 13.4. The fourth-order valence-electron chi connectivity index (χ4n) is 1.93. The molecular weight excluding hydrogens is 212 g/mol. The summed E-state index contributed by atoms with van der Waals surface area (Å²) in [6.45, 7) is 5.77. The van der Waals surface area contributed by atoms with Crippen LogP contribution < -0.4 is 0 Å². The first-order valence-corrected chi connectivity index (χ1v) is 7.09. The van der Waals surface area contributed by atoms with Crippen LogP contribution in [0.25, 0.3) is 0 Å². The van der Waals surface area contributed by atoms with Gasteiger partial charge in [0.15, 0.2) is 0 Å². The van der Waals surface area contributed by atoms with Gasteiger partial charge in [0.1, 0.15) is 0 Å². The van der Waals surface area contributed by atoms with Crippen LogP contribution in [0.3, 0.4) is 0 Å². The van der Waals surface area contributed by atoms with Gasteiger partial charge in [0.25, 0.3) is 0 Å². The molecule has 0 heterocycles. The molecule has 0 rings (SSSR count). The molecule has 0 radical (unpaired) electrons. The van der Waals surface area contributed by atoms with Crippen molar-refractivity contribution in [2.24, 2.45) is 0 Å². The van der Waals surface area contributed by atoms with Crippen LogP contribution >= 0.6 is 0 Å². The van der Waals surface area contributed by atoms with E-state index in [0.717, 1.165) is 12.8 Å². The number of unbranched alkanes of at least 4 members (excludes halogenated alkanes) is 9. The molecule has 0 saturated heterocycles. The van der Waals surface area contributed by atoms with E-state index in [1.54, 1.807) is 0 Å². The zero-order valence-corrected chi connectivity index (χ0v) is 11.3. The SMILES string of the molecule is C=C(CCCCCCCCCCCC)C(=O)O. The van der Waals surface area contributed by atoms with Crippen molar-refractivity contribution in [1.82, 2.24) is 0 Å². The van der Waals surface area contributed by atoms with Crippen LogP contribution in [-0.4, -0.2) is 11.1 Å². The Morgan fingerprint density at radius 3 is 1.71 bits per heavy atom. The van der Waals surface area contributed by atoms with E-state index in [2.05, 4.69) is 13.5 Å². The number of aliphatic carboxylic acids is 1. The Kier molecular flexibility index (Phi) is 11.1. The normalized spacial score (nSPS) is 10.4. The summed E-state index contributed by atoms with van der Waals surface area (Å²) >= 11 is 0. The van der Waals surface area contributed by atoms with Gasteiger partial charge in [0.2, 0.25) is 0 Å². The number of hydrogen-bond acceptors (Lipinski definition) is 1. The van der Waals surface area contributed by atoms with Gasteiger partial charge in [-0.1, -0.05) is 71.3 Å². The van der Waals surface area contributed by atoms with Gasteiger partial charge in [0.05, 0.1) is 0 Å². The molecule has 0 spiro atoms. The molecule has 0 aliphatic heterocycles. The van der Waals surface area contributed by atoms with E-state index >= 15 is 0 Å². The van der Waals surface area contributed by atoms with Gasteiger partial charge in [-0.2, -0.15) is 0 Å². The van der Waals surface area contributed by atoms with Crippen molar-refractivity contribution in [1.29, 1.82) is 0 Å². The van der Waals surface area contributed by atoms with E-state index < -0.39 is 5.97 Å². The Labute approximate surface area is 106 Å². The van der Waals surface area contributed by atoms with Crippen LogP contribution in [0.4, 0.5) is 0 Å². The first-order chi connectivity index (χ1) is 8.18. The summed E-state index contributed by atoms with van der Waals surface area (Å²) in [7, 11) is 0. The molecule has 0 aliphatic rings. The molecule has 0 atom stereocenters. The molecule has 0 bridgehead atoms. The number of hydrogen-bond donors (Lipinski definition) is 1. The second-order valence-electron chi connectivity index (χ2n) is 4.84. The molecular formula is C15H28O2. The number of carbonyl (C=O) groups is 1. The average molecular weight is 240 g/mol. The van der Waals surface area contributed by atoms with Crippen molar-refractivity contribution in [3.8, 4) is 0 Å². The Morgan fingerprint density at radius 1 is 0.882 bits per heavy atom. The molecule has 0 aromatic heterocycles. The standard InChI is InChI=1S/C15H28O2/c1-3-4-5-6-7-8-9-10-11-12-13-14(2)15(16)17/h2-13H2,1H3,(H,16,17). The third-order valence-corrected chi connectivity index (χ3v) is 3.13. The van der Waals surface area contributed by atoms with Gasteiger partial charge in [0, 0.05) is 5.57 Å². The number of rotatable bonds is 12. The molecule has 100 valence electrons. The van der Waals surface area contributed by atoms with Gasteiger partial charge in [-0.25, -0.2) is 4.79 Å². The molecule has 1 N–H and O–H groups in total. The lowest BCUT2D eigenvalue weighted by atomic mass is 10.0. The third-order valence-electron chi connectivity index (χ3n) is 3.13. The van der Waals surface area contributed by atoms with Crippen LogP contribution in [0.5, 0.6) is 0 Å². The summed E-state index contributed by atoms with van der Waals surface area (Å²) in [5.41, 5.74) is 0.351. The lowest BCUT2D eigenvalue weighted by molar-refractivity contribution is -0.132. The summed E-state index contributed by atoms with van der Waals surface area (Å²) in [6, 6.07) is 0. The highest BCUT2D eigenvalue weighted by Gasteiger charge is 2.02. The summed E-state index contributed by atoms with van der Waals surface area (Å²) in [5.74, 6) is -0.846. The van der Waals surface area contributed by atoms with Gasteiger partial charge < -0.3 is 5.11 Å². The van der Waals surface area contributed by atoms with Gasteiger partial charge in [-0.05, 0) is 12.8 Å². The van der Waals surface area contributed by atoms with Crippen LogP contribution in [0, 0.1) is 0 Å². The summed E-state index contributed by atoms with van der Waals surface area (Å²) in [5, 5.41) is 8.63. The first kappa shape index (κ1) is 16.2. The molecule has 2 heteroatoms. The fourth-order valence-corrected chi connectivity index (χ4v) is 1.93. The van der Waals surface area contributed by atoms with Crippen molar-refractivity contribution in [2.75, 3.05) is 0 Å². The molecule has 2 nitrogen and oxygen atoms in total. The van der Waals surface area contributed by atoms with E-state index in [-0.39, 0.29) is 0 Å². The quantitative estimate of drug-likeness (QED) is 0.387. The van der Waals surface area contributed by atoms with E-state index in [4.69, 9.17) is 5.11 Å². The monoisotopic (exact) mass is 240 g/mol. The Morgan fingerprint density at radius 2 is 1.29 bits per heavy atom. The molecule has 0 aliphatic carbocycles. The van der Waals surface area contributed by atoms with Gasteiger partial charge in [-0.3, -0.25) is 0 Å². The third kappa shape index (κ3) is 11.5. The highest BCUT2D eigenvalue weighted by atomic mass is 16.4. The molecule has 0 fully saturated rings. The second-order valence-corrected chi connectivity index (χ2v) is 4.84. The second kappa shape index (κ2) is 11.7. The lowest BCUT2D eigenvalue weighted by Gasteiger charge is -2.02.